The Balaban J connectivity index is 2.49. The molecule has 0 atom stereocenters. The lowest BCUT2D eigenvalue weighted by Crippen LogP contribution is -2.05. The Kier molecular flexibility index (Phi) is 2.02. The predicted molar refractivity (Wildman–Crippen MR) is 52.0 cm³/mol. The smallest absolute Gasteiger partial charge is 0.264 e. The van der Waals surface area contributed by atoms with E-state index >= 15 is 0 Å². The molecule has 1 heterocycles. The highest BCUT2D eigenvalue weighted by molar-refractivity contribution is 5.60. The van der Waals surface area contributed by atoms with Gasteiger partial charge in [0.2, 0.25) is 0 Å². The second-order valence-electron chi connectivity index (χ2n) is 2.86. The number of hydrogen-bond acceptors (Lipinski definition) is 3. The average molecular weight is 188 g/mol. The molecular formula is C10H8N2O2. The molecule has 1 aromatic carbocycles. The number of H-pyrrole nitrogens is 1. The van der Waals surface area contributed by atoms with Gasteiger partial charge in [-0.2, -0.15) is 5.10 Å². The molecule has 0 bridgehead atoms. The highest BCUT2D eigenvalue weighted by Crippen LogP contribution is 2.19. The molecule has 1 aromatic heterocycles. The molecular weight excluding hydrogens is 180 g/mol. The topological polar surface area (TPSA) is 66.0 Å². The zero-order valence-corrected chi connectivity index (χ0v) is 7.27. The van der Waals surface area contributed by atoms with Gasteiger partial charge in [-0.15, -0.1) is 0 Å². The zero-order valence-electron chi connectivity index (χ0n) is 7.27. The summed E-state index contributed by atoms with van der Waals surface area (Å²) in [6.07, 6.45) is 0. The molecule has 14 heavy (non-hydrogen) atoms. The molecule has 0 amide bonds. The molecule has 2 N–H and O–H groups in total. The summed E-state index contributed by atoms with van der Waals surface area (Å²) in [6, 6.07) is 9.69. The van der Waals surface area contributed by atoms with Crippen LogP contribution >= 0.6 is 0 Å². The van der Waals surface area contributed by atoms with Crippen LogP contribution in [0.3, 0.4) is 0 Å². The molecule has 0 unspecified atom stereocenters. The maximum Gasteiger partial charge on any atom is 0.264 e. The van der Waals surface area contributed by atoms with Gasteiger partial charge in [0.25, 0.3) is 5.56 Å². The van der Waals surface area contributed by atoms with Crippen molar-refractivity contribution in [1.29, 1.82) is 0 Å². The second kappa shape index (κ2) is 3.33. The average Bonchev–Trinajstić information content (AvgIpc) is 2.19. The van der Waals surface area contributed by atoms with Crippen LogP contribution in [0.15, 0.2) is 41.2 Å². The Morgan fingerprint density at radius 2 is 2.07 bits per heavy atom. The lowest BCUT2D eigenvalue weighted by molar-refractivity contribution is 0.475. The third kappa shape index (κ3) is 1.64. The summed E-state index contributed by atoms with van der Waals surface area (Å²) in [5, 5.41) is 15.4. The molecule has 4 heteroatoms. The van der Waals surface area contributed by atoms with E-state index in [0.717, 1.165) is 5.56 Å². The van der Waals surface area contributed by atoms with Crippen molar-refractivity contribution in [2.45, 2.75) is 0 Å². The van der Waals surface area contributed by atoms with Gasteiger partial charge < -0.3 is 5.11 Å². The fourth-order valence-corrected chi connectivity index (χ4v) is 1.17. The molecule has 0 radical (unpaired) electrons. The fraction of sp³-hybridized carbons (Fsp3) is 0. The maximum absolute atomic E-state index is 10.8. The van der Waals surface area contributed by atoms with Crippen LogP contribution in [0.5, 0.6) is 5.75 Å². The highest BCUT2D eigenvalue weighted by Gasteiger charge is 1.99. The van der Waals surface area contributed by atoms with E-state index in [2.05, 4.69) is 10.2 Å². The number of rotatable bonds is 1. The number of phenols is 1. The summed E-state index contributed by atoms with van der Waals surface area (Å²) < 4.78 is 0. The molecule has 2 rings (SSSR count). The Morgan fingerprint density at radius 1 is 1.21 bits per heavy atom. The number of aromatic nitrogens is 2. The SMILES string of the molecule is O=c1ccc(-c2cccc(O)c2)n[nH]1. The minimum absolute atomic E-state index is 0.176. The van der Waals surface area contributed by atoms with E-state index in [4.69, 9.17) is 0 Å². The van der Waals surface area contributed by atoms with Crippen molar-refractivity contribution in [2.24, 2.45) is 0 Å². The van der Waals surface area contributed by atoms with Crippen molar-refractivity contribution in [3.63, 3.8) is 0 Å². The van der Waals surface area contributed by atoms with E-state index in [9.17, 15) is 9.90 Å². The van der Waals surface area contributed by atoms with Crippen molar-refractivity contribution in [1.82, 2.24) is 10.2 Å². The summed E-state index contributed by atoms with van der Waals surface area (Å²) in [4.78, 5) is 10.8. The van der Waals surface area contributed by atoms with Crippen molar-refractivity contribution in [2.75, 3.05) is 0 Å². The van der Waals surface area contributed by atoms with Crippen LogP contribution in [-0.4, -0.2) is 15.3 Å². The summed E-state index contributed by atoms with van der Waals surface area (Å²) >= 11 is 0. The van der Waals surface area contributed by atoms with E-state index in [1.165, 1.54) is 6.07 Å². The summed E-state index contributed by atoms with van der Waals surface area (Å²) in [5.41, 5.74) is 1.15. The van der Waals surface area contributed by atoms with Gasteiger partial charge in [-0.25, -0.2) is 5.10 Å². The largest absolute Gasteiger partial charge is 0.508 e. The first-order chi connectivity index (χ1) is 6.75. The molecule has 70 valence electrons. The first kappa shape index (κ1) is 8.50. The minimum atomic E-state index is -0.242. The second-order valence-corrected chi connectivity index (χ2v) is 2.86. The Morgan fingerprint density at radius 3 is 2.71 bits per heavy atom. The van der Waals surface area contributed by atoms with Crippen LogP contribution in [0.4, 0.5) is 0 Å². The molecule has 0 aliphatic heterocycles. The number of benzene rings is 1. The van der Waals surface area contributed by atoms with Gasteiger partial charge in [0, 0.05) is 11.6 Å². The summed E-state index contributed by atoms with van der Waals surface area (Å²) in [6.45, 7) is 0. The Labute approximate surface area is 79.9 Å². The zero-order chi connectivity index (χ0) is 9.97. The van der Waals surface area contributed by atoms with Crippen LogP contribution < -0.4 is 5.56 Å². The van der Waals surface area contributed by atoms with E-state index in [1.807, 2.05) is 0 Å². The fourth-order valence-electron chi connectivity index (χ4n) is 1.17. The van der Waals surface area contributed by atoms with Crippen LogP contribution in [0.1, 0.15) is 0 Å². The summed E-state index contributed by atoms with van der Waals surface area (Å²) in [5.74, 6) is 0.176. The van der Waals surface area contributed by atoms with E-state index in [0.29, 0.717) is 5.69 Å². The Hall–Kier alpha value is -2.10. The van der Waals surface area contributed by atoms with Gasteiger partial charge >= 0.3 is 0 Å². The minimum Gasteiger partial charge on any atom is -0.508 e. The van der Waals surface area contributed by atoms with Crippen molar-refractivity contribution in [3.8, 4) is 17.0 Å². The lowest BCUT2D eigenvalue weighted by Gasteiger charge is -1.99. The standard InChI is InChI=1S/C10H8N2O2/c13-8-3-1-2-7(6-8)9-4-5-10(14)12-11-9/h1-6,13H,(H,12,14). The molecule has 0 spiro atoms. The van der Waals surface area contributed by atoms with Gasteiger partial charge in [0.05, 0.1) is 5.69 Å². The van der Waals surface area contributed by atoms with E-state index in [1.54, 1.807) is 30.3 Å². The molecule has 0 aliphatic carbocycles. The van der Waals surface area contributed by atoms with E-state index < -0.39 is 0 Å². The van der Waals surface area contributed by atoms with Crippen LogP contribution in [0.2, 0.25) is 0 Å². The number of phenolic OH excluding ortho intramolecular Hbond substituents is 1. The molecule has 4 nitrogen and oxygen atoms in total. The lowest BCUT2D eigenvalue weighted by atomic mass is 10.1. The van der Waals surface area contributed by atoms with Crippen molar-refractivity contribution in [3.05, 3.63) is 46.8 Å². The number of aromatic amines is 1. The third-order valence-electron chi connectivity index (χ3n) is 1.82. The van der Waals surface area contributed by atoms with Crippen LogP contribution in [0.25, 0.3) is 11.3 Å². The molecule has 0 saturated heterocycles. The van der Waals surface area contributed by atoms with Crippen LogP contribution in [-0.2, 0) is 0 Å². The van der Waals surface area contributed by atoms with Gasteiger partial charge in [0.1, 0.15) is 5.75 Å². The quantitative estimate of drug-likeness (QED) is 0.705. The number of nitrogens with zero attached hydrogens (tertiary/aromatic N) is 1. The normalized spacial score (nSPS) is 10.0. The predicted octanol–water partition coefficient (Wildman–Crippen LogP) is 1.14. The van der Waals surface area contributed by atoms with Gasteiger partial charge in [-0.3, -0.25) is 4.79 Å². The Bertz CT molecular complexity index is 485. The first-order valence-corrected chi connectivity index (χ1v) is 4.11. The maximum atomic E-state index is 10.8. The van der Waals surface area contributed by atoms with Gasteiger partial charge in [-0.05, 0) is 18.2 Å². The van der Waals surface area contributed by atoms with Gasteiger partial charge in [0.15, 0.2) is 0 Å². The van der Waals surface area contributed by atoms with Crippen molar-refractivity contribution >= 4 is 0 Å². The van der Waals surface area contributed by atoms with E-state index in [-0.39, 0.29) is 11.3 Å². The van der Waals surface area contributed by atoms with Crippen molar-refractivity contribution < 1.29 is 5.11 Å². The molecule has 0 aliphatic rings. The third-order valence-corrected chi connectivity index (χ3v) is 1.82. The number of aromatic hydroxyl groups is 1. The van der Waals surface area contributed by atoms with Gasteiger partial charge in [-0.1, -0.05) is 12.1 Å². The monoisotopic (exact) mass is 188 g/mol. The number of hydrogen-bond donors (Lipinski definition) is 2. The first-order valence-electron chi connectivity index (χ1n) is 4.11. The molecule has 0 saturated carbocycles. The molecule has 0 fully saturated rings. The summed E-state index contributed by atoms with van der Waals surface area (Å²) in [7, 11) is 0. The molecule has 2 aromatic rings. The number of nitrogens with one attached hydrogen (secondary N) is 1. The highest BCUT2D eigenvalue weighted by atomic mass is 16.3. The van der Waals surface area contributed by atoms with Crippen LogP contribution in [0, 0.1) is 0 Å².